The maximum atomic E-state index is 13.0. The van der Waals surface area contributed by atoms with Crippen LogP contribution in [0, 0.1) is 0 Å². The van der Waals surface area contributed by atoms with Gasteiger partial charge in [0.2, 0.25) is 12.7 Å². The number of benzene rings is 2. The van der Waals surface area contributed by atoms with Crippen molar-refractivity contribution in [3.8, 4) is 23.0 Å². The Hall–Kier alpha value is -3.33. The molecule has 9 heteroatoms. The zero-order chi connectivity index (χ0) is 23.2. The zero-order valence-corrected chi connectivity index (χ0v) is 19.3. The first-order valence-electron chi connectivity index (χ1n) is 11.3. The topological polar surface area (TPSA) is 90.5 Å². The van der Waals surface area contributed by atoms with Crippen molar-refractivity contribution >= 4 is 23.0 Å². The summed E-state index contributed by atoms with van der Waals surface area (Å²) in [4.78, 5) is 15.2. The minimum atomic E-state index is -0.505. The molecular weight excluding hydrogens is 426 g/mol. The molecule has 0 unspecified atom stereocenters. The fourth-order valence-corrected chi connectivity index (χ4v) is 3.79. The summed E-state index contributed by atoms with van der Waals surface area (Å²) in [6, 6.07) is 8.76. The molecule has 1 saturated heterocycles. The van der Waals surface area contributed by atoms with Gasteiger partial charge in [-0.25, -0.2) is 0 Å². The van der Waals surface area contributed by atoms with Gasteiger partial charge in [-0.1, -0.05) is 0 Å². The van der Waals surface area contributed by atoms with Crippen LogP contribution in [0.5, 0.6) is 23.0 Å². The van der Waals surface area contributed by atoms with E-state index in [-0.39, 0.29) is 12.7 Å². The van der Waals surface area contributed by atoms with Crippen LogP contribution in [0.15, 0.2) is 30.3 Å². The summed E-state index contributed by atoms with van der Waals surface area (Å²) < 4.78 is 28.0. The lowest BCUT2D eigenvalue weighted by Crippen LogP contribution is -2.36. The normalized spacial score (nSPS) is 15.7. The summed E-state index contributed by atoms with van der Waals surface area (Å²) in [7, 11) is 0. The van der Waals surface area contributed by atoms with Gasteiger partial charge in [0.1, 0.15) is 17.5 Å². The molecule has 0 aromatic heterocycles. The van der Waals surface area contributed by atoms with Crippen molar-refractivity contribution in [2.24, 2.45) is 0 Å². The van der Waals surface area contributed by atoms with Crippen molar-refractivity contribution in [3.63, 3.8) is 0 Å². The van der Waals surface area contributed by atoms with Crippen molar-refractivity contribution < 1.29 is 28.5 Å². The van der Waals surface area contributed by atoms with Gasteiger partial charge in [0, 0.05) is 37.0 Å². The highest BCUT2D eigenvalue weighted by Gasteiger charge is 2.22. The van der Waals surface area contributed by atoms with Crippen molar-refractivity contribution in [2.75, 3.05) is 61.8 Å². The molecule has 2 aliphatic rings. The molecule has 0 aliphatic carbocycles. The summed E-state index contributed by atoms with van der Waals surface area (Å²) in [6.45, 7) is 9.72. The van der Waals surface area contributed by atoms with Gasteiger partial charge in [0.05, 0.1) is 37.8 Å². The Kier molecular flexibility index (Phi) is 7.29. The third kappa shape index (κ3) is 5.36. The average Bonchev–Trinajstić information content (AvgIpc) is 3.29. The molecule has 4 rings (SSSR count). The Bertz CT molecular complexity index is 977. The maximum absolute atomic E-state index is 13.0. The van der Waals surface area contributed by atoms with E-state index in [4.69, 9.17) is 23.7 Å². The van der Waals surface area contributed by atoms with E-state index in [1.807, 2.05) is 44.2 Å². The smallest absolute Gasteiger partial charge is 0.246 e. The molecule has 2 aromatic carbocycles. The van der Waals surface area contributed by atoms with Crippen molar-refractivity contribution in [1.82, 2.24) is 0 Å². The van der Waals surface area contributed by atoms with E-state index in [0.29, 0.717) is 55.1 Å². The first-order chi connectivity index (χ1) is 16.1. The number of hydrogen-bond acceptors (Lipinski definition) is 8. The second-order valence-corrected chi connectivity index (χ2v) is 7.70. The van der Waals surface area contributed by atoms with E-state index in [0.717, 1.165) is 24.5 Å². The fourth-order valence-electron chi connectivity index (χ4n) is 3.79. The van der Waals surface area contributed by atoms with Gasteiger partial charge in [-0.05, 0) is 32.9 Å². The number of morpholine rings is 1. The summed E-state index contributed by atoms with van der Waals surface area (Å²) in [5.41, 5.74) is 2.28. The Morgan fingerprint density at radius 2 is 1.76 bits per heavy atom. The molecule has 9 nitrogen and oxygen atoms in total. The first kappa shape index (κ1) is 22.8. The number of nitrogens with one attached hydrogen (secondary N) is 2. The molecule has 0 spiro atoms. The highest BCUT2D eigenvalue weighted by atomic mass is 16.7. The SMILES string of the molecule is CCOc1cc(N2CCOCC2)c(OCC)cc1NC(=O)[C@H](C)Nc1ccc2c(c1)OCO2. The number of carbonyl (C=O) groups excluding carboxylic acids is 1. The summed E-state index contributed by atoms with van der Waals surface area (Å²) in [5.74, 6) is 2.46. The van der Waals surface area contributed by atoms with Crippen molar-refractivity contribution in [3.05, 3.63) is 30.3 Å². The van der Waals surface area contributed by atoms with Crippen molar-refractivity contribution in [2.45, 2.75) is 26.8 Å². The molecule has 178 valence electrons. The van der Waals surface area contributed by atoms with Crippen LogP contribution in [0.4, 0.5) is 17.1 Å². The fraction of sp³-hybridized carbons (Fsp3) is 0.458. The lowest BCUT2D eigenvalue weighted by atomic mass is 10.2. The molecule has 0 radical (unpaired) electrons. The Balaban J connectivity index is 1.52. The molecule has 1 fully saturated rings. The summed E-state index contributed by atoms with van der Waals surface area (Å²) >= 11 is 0. The number of fused-ring (bicyclic) bond motifs is 1. The van der Waals surface area contributed by atoms with E-state index in [2.05, 4.69) is 15.5 Å². The maximum Gasteiger partial charge on any atom is 0.246 e. The lowest BCUT2D eigenvalue weighted by molar-refractivity contribution is -0.116. The van der Waals surface area contributed by atoms with Gasteiger partial charge in [-0.15, -0.1) is 0 Å². The van der Waals surface area contributed by atoms with E-state index in [1.54, 1.807) is 6.92 Å². The minimum absolute atomic E-state index is 0.199. The van der Waals surface area contributed by atoms with E-state index >= 15 is 0 Å². The van der Waals surface area contributed by atoms with Crippen LogP contribution in [-0.4, -0.2) is 58.3 Å². The first-order valence-corrected chi connectivity index (χ1v) is 11.3. The molecule has 33 heavy (non-hydrogen) atoms. The number of rotatable bonds is 9. The monoisotopic (exact) mass is 457 g/mol. The molecule has 1 amide bonds. The van der Waals surface area contributed by atoms with Gasteiger partial charge in [-0.3, -0.25) is 4.79 Å². The number of hydrogen-bond donors (Lipinski definition) is 2. The number of carbonyl (C=O) groups is 1. The minimum Gasteiger partial charge on any atom is -0.492 e. The standard InChI is InChI=1S/C24H31N3O6/c1-4-30-21-14-19(27-8-10-29-11-9-27)22(31-5-2)13-18(21)26-24(28)16(3)25-17-6-7-20-23(12-17)33-15-32-20/h6-7,12-14,16,25H,4-5,8-11,15H2,1-3H3,(H,26,28)/t16-/m0/s1. The van der Waals surface area contributed by atoms with Gasteiger partial charge >= 0.3 is 0 Å². The lowest BCUT2D eigenvalue weighted by Gasteiger charge is -2.31. The summed E-state index contributed by atoms with van der Waals surface area (Å²) in [6.07, 6.45) is 0. The predicted octanol–water partition coefficient (Wildman–Crippen LogP) is 3.49. The van der Waals surface area contributed by atoms with Crippen LogP contribution in [0.3, 0.4) is 0 Å². The van der Waals surface area contributed by atoms with E-state index in [1.165, 1.54) is 0 Å². The van der Waals surface area contributed by atoms with Crippen LogP contribution >= 0.6 is 0 Å². The Labute approximate surface area is 193 Å². The second-order valence-electron chi connectivity index (χ2n) is 7.70. The van der Waals surface area contributed by atoms with Gasteiger partial charge in [0.15, 0.2) is 11.5 Å². The highest BCUT2D eigenvalue weighted by Crippen LogP contribution is 2.39. The summed E-state index contributed by atoms with van der Waals surface area (Å²) in [5, 5.41) is 6.20. The molecule has 1 atom stereocenters. The molecular formula is C24H31N3O6. The van der Waals surface area contributed by atoms with Crippen LogP contribution in [-0.2, 0) is 9.53 Å². The predicted molar refractivity (Wildman–Crippen MR) is 126 cm³/mol. The highest BCUT2D eigenvalue weighted by molar-refractivity contribution is 5.98. The third-order valence-electron chi connectivity index (χ3n) is 5.42. The third-order valence-corrected chi connectivity index (χ3v) is 5.42. The molecule has 2 aromatic rings. The quantitative estimate of drug-likeness (QED) is 0.592. The number of ether oxygens (including phenoxy) is 5. The average molecular weight is 458 g/mol. The van der Waals surface area contributed by atoms with E-state index < -0.39 is 6.04 Å². The number of anilines is 3. The van der Waals surface area contributed by atoms with Gasteiger partial charge in [-0.2, -0.15) is 0 Å². The molecule has 2 heterocycles. The van der Waals surface area contributed by atoms with Crippen molar-refractivity contribution in [1.29, 1.82) is 0 Å². The Morgan fingerprint density at radius 3 is 2.52 bits per heavy atom. The zero-order valence-electron chi connectivity index (χ0n) is 19.3. The Morgan fingerprint density at radius 1 is 1.03 bits per heavy atom. The molecule has 2 aliphatic heterocycles. The van der Waals surface area contributed by atoms with Crippen LogP contribution in [0.25, 0.3) is 0 Å². The number of nitrogens with zero attached hydrogens (tertiary/aromatic N) is 1. The molecule has 2 N–H and O–H groups in total. The van der Waals surface area contributed by atoms with Crippen LogP contribution in [0.2, 0.25) is 0 Å². The molecule has 0 saturated carbocycles. The van der Waals surface area contributed by atoms with Gasteiger partial charge in [0.25, 0.3) is 0 Å². The van der Waals surface area contributed by atoms with Crippen LogP contribution < -0.4 is 34.5 Å². The molecule has 0 bridgehead atoms. The van der Waals surface area contributed by atoms with Gasteiger partial charge < -0.3 is 39.2 Å². The number of amides is 1. The van der Waals surface area contributed by atoms with Crippen LogP contribution in [0.1, 0.15) is 20.8 Å². The largest absolute Gasteiger partial charge is 0.492 e. The second kappa shape index (κ2) is 10.5. The van der Waals surface area contributed by atoms with E-state index in [9.17, 15) is 4.79 Å².